The van der Waals surface area contributed by atoms with Crippen molar-refractivity contribution in [3.63, 3.8) is 0 Å². The van der Waals surface area contributed by atoms with Gasteiger partial charge in [0.2, 0.25) is 0 Å². The number of imidazole rings is 1. The Bertz CT molecular complexity index is 499. The summed E-state index contributed by atoms with van der Waals surface area (Å²) in [4.78, 5) is 7.38. The predicted molar refractivity (Wildman–Crippen MR) is 73.4 cm³/mol. The van der Waals surface area contributed by atoms with Crippen molar-refractivity contribution in [2.24, 2.45) is 5.92 Å². The van der Waals surface area contributed by atoms with Crippen molar-refractivity contribution in [3.8, 4) is 0 Å². The molecule has 0 bridgehead atoms. The first kappa shape index (κ1) is 11.7. The Morgan fingerprint density at radius 2 is 2.17 bits per heavy atom. The second-order valence-corrected chi connectivity index (χ2v) is 5.08. The molecule has 1 saturated heterocycles. The quantitative estimate of drug-likeness (QED) is 0.766. The molecule has 96 valence electrons. The fourth-order valence-corrected chi connectivity index (χ4v) is 2.60. The van der Waals surface area contributed by atoms with Gasteiger partial charge in [0.15, 0.2) is 0 Å². The number of fused-ring (bicyclic) bond motifs is 1. The maximum Gasteiger partial charge on any atom is 0.0931 e. The van der Waals surface area contributed by atoms with Crippen LogP contribution in [0.3, 0.4) is 0 Å². The molecular formula is C14H20N4. The SMILES string of the molecule is c1nc2ccc(CNCC3CCNCC3)cc2[nH]1. The van der Waals surface area contributed by atoms with Crippen LogP contribution in [0.1, 0.15) is 18.4 Å². The summed E-state index contributed by atoms with van der Waals surface area (Å²) in [6.45, 7) is 4.42. The van der Waals surface area contributed by atoms with Crippen LogP contribution in [0.4, 0.5) is 0 Å². The lowest BCUT2D eigenvalue weighted by Gasteiger charge is -2.22. The highest BCUT2D eigenvalue weighted by Crippen LogP contribution is 2.13. The number of nitrogens with zero attached hydrogens (tertiary/aromatic N) is 1. The van der Waals surface area contributed by atoms with Crippen molar-refractivity contribution in [2.45, 2.75) is 19.4 Å². The number of aromatic amines is 1. The normalized spacial score (nSPS) is 17.3. The van der Waals surface area contributed by atoms with Crippen molar-refractivity contribution < 1.29 is 0 Å². The summed E-state index contributed by atoms with van der Waals surface area (Å²) in [5.74, 6) is 0.835. The number of benzene rings is 1. The molecule has 0 saturated carbocycles. The molecule has 0 radical (unpaired) electrons. The molecule has 2 aromatic rings. The average Bonchev–Trinajstić information content (AvgIpc) is 2.87. The first-order valence-corrected chi connectivity index (χ1v) is 6.75. The molecule has 1 aromatic heterocycles. The highest BCUT2D eigenvalue weighted by atomic mass is 14.9. The number of hydrogen-bond donors (Lipinski definition) is 3. The van der Waals surface area contributed by atoms with Gasteiger partial charge in [0.1, 0.15) is 0 Å². The van der Waals surface area contributed by atoms with E-state index >= 15 is 0 Å². The molecule has 2 heterocycles. The second-order valence-electron chi connectivity index (χ2n) is 5.08. The van der Waals surface area contributed by atoms with Crippen LogP contribution < -0.4 is 10.6 Å². The molecule has 1 aliphatic rings. The highest BCUT2D eigenvalue weighted by molar-refractivity contribution is 5.74. The van der Waals surface area contributed by atoms with Crippen LogP contribution in [0, 0.1) is 5.92 Å². The van der Waals surface area contributed by atoms with Crippen LogP contribution in [0.5, 0.6) is 0 Å². The van der Waals surface area contributed by atoms with E-state index in [2.05, 4.69) is 38.8 Å². The van der Waals surface area contributed by atoms with E-state index in [4.69, 9.17) is 0 Å². The molecule has 1 fully saturated rings. The van der Waals surface area contributed by atoms with Gasteiger partial charge in [-0.05, 0) is 56.1 Å². The summed E-state index contributed by atoms with van der Waals surface area (Å²) in [5.41, 5.74) is 3.48. The standard InChI is InChI=1S/C14H20N4/c1-2-13-14(18-10-17-13)7-12(1)9-16-8-11-3-5-15-6-4-11/h1-2,7,10-11,15-16H,3-6,8-9H2,(H,17,18). The molecule has 0 spiro atoms. The third-order valence-electron chi connectivity index (χ3n) is 3.71. The summed E-state index contributed by atoms with van der Waals surface area (Å²) in [6, 6.07) is 6.41. The first-order valence-electron chi connectivity index (χ1n) is 6.75. The van der Waals surface area contributed by atoms with E-state index in [0.717, 1.165) is 30.0 Å². The lowest BCUT2D eigenvalue weighted by molar-refractivity contribution is 0.356. The van der Waals surface area contributed by atoms with E-state index in [1.165, 1.54) is 31.5 Å². The van der Waals surface area contributed by atoms with Crippen LogP contribution in [0.15, 0.2) is 24.5 Å². The van der Waals surface area contributed by atoms with E-state index in [-0.39, 0.29) is 0 Å². The zero-order chi connectivity index (χ0) is 12.2. The Hall–Kier alpha value is -1.39. The smallest absolute Gasteiger partial charge is 0.0931 e. The summed E-state index contributed by atoms with van der Waals surface area (Å²) in [7, 11) is 0. The lowest BCUT2D eigenvalue weighted by atomic mass is 9.98. The molecule has 18 heavy (non-hydrogen) atoms. The second kappa shape index (κ2) is 5.50. The Balaban J connectivity index is 1.52. The van der Waals surface area contributed by atoms with Crippen LogP contribution in [0.25, 0.3) is 11.0 Å². The zero-order valence-corrected chi connectivity index (χ0v) is 10.6. The number of piperidine rings is 1. The topological polar surface area (TPSA) is 52.7 Å². The van der Waals surface area contributed by atoms with Crippen LogP contribution in [-0.2, 0) is 6.54 Å². The summed E-state index contributed by atoms with van der Waals surface area (Å²) >= 11 is 0. The van der Waals surface area contributed by atoms with Crippen molar-refractivity contribution in [2.75, 3.05) is 19.6 Å². The molecule has 1 aromatic carbocycles. The van der Waals surface area contributed by atoms with E-state index in [1.807, 2.05) is 0 Å². The highest BCUT2D eigenvalue weighted by Gasteiger charge is 2.11. The van der Waals surface area contributed by atoms with Crippen molar-refractivity contribution in [1.29, 1.82) is 0 Å². The third kappa shape index (κ3) is 2.71. The predicted octanol–water partition coefficient (Wildman–Crippen LogP) is 1.65. The van der Waals surface area contributed by atoms with Gasteiger partial charge in [-0.1, -0.05) is 6.07 Å². The molecule has 0 unspecified atom stereocenters. The van der Waals surface area contributed by atoms with Gasteiger partial charge in [0.25, 0.3) is 0 Å². The van der Waals surface area contributed by atoms with Crippen molar-refractivity contribution in [3.05, 3.63) is 30.1 Å². The Morgan fingerprint density at radius 1 is 1.28 bits per heavy atom. The summed E-state index contributed by atoms with van der Waals surface area (Å²) in [5, 5.41) is 6.97. The molecule has 4 nitrogen and oxygen atoms in total. The fourth-order valence-electron chi connectivity index (χ4n) is 2.60. The maximum atomic E-state index is 4.23. The minimum Gasteiger partial charge on any atom is -0.345 e. The Labute approximate surface area is 107 Å². The summed E-state index contributed by atoms with van der Waals surface area (Å²) in [6.07, 6.45) is 4.34. The molecule has 3 rings (SSSR count). The maximum absolute atomic E-state index is 4.23. The van der Waals surface area contributed by atoms with E-state index in [9.17, 15) is 0 Å². The molecule has 1 aliphatic heterocycles. The zero-order valence-electron chi connectivity index (χ0n) is 10.6. The molecular weight excluding hydrogens is 224 g/mol. The molecule has 3 N–H and O–H groups in total. The van der Waals surface area contributed by atoms with Crippen LogP contribution >= 0.6 is 0 Å². The Morgan fingerprint density at radius 3 is 3.06 bits per heavy atom. The largest absolute Gasteiger partial charge is 0.345 e. The van der Waals surface area contributed by atoms with Crippen molar-refractivity contribution >= 4 is 11.0 Å². The number of H-pyrrole nitrogens is 1. The fraction of sp³-hybridized carbons (Fsp3) is 0.500. The monoisotopic (exact) mass is 244 g/mol. The number of aromatic nitrogens is 2. The van der Waals surface area contributed by atoms with Gasteiger partial charge in [-0.2, -0.15) is 0 Å². The molecule has 0 aliphatic carbocycles. The van der Waals surface area contributed by atoms with E-state index in [1.54, 1.807) is 6.33 Å². The number of hydrogen-bond acceptors (Lipinski definition) is 3. The lowest BCUT2D eigenvalue weighted by Crippen LogP contribution is -2.33. The molecule has 0 amide bonds. The van der Waals surface area contributed by atoms with Gasteiger partial charge < -0.3 is 15.6 Å². The first-order chi connectivity index (χ1) is 8.92. The Kier molecular flexibility index (Phi) is 3.57. The van der Waals surface area contributed by atoms with Crippen molar-refractivity contribution in [1.82, 2.24) is 20.6 Å². The molecule has 4 heteroatoms. The molecule has 0 atom stereocenters. The van der Waals surface area contributed by atoms with Crippen LogP contribution in [0.2, 0.25) is 0 Å². The number of nitrogens with one attached hydrogen (secondary N) is 3. The third-order valence-corrected chi connectivity index (χ3v) is 3.71. The average molecular weight is 244 g/mol. The van der Waals surface area contributed by atoms with Gasteiger partial charge in [0.05, 0.1) is 17.4 Å². The van der Waals surface area contributed by atoms with E-state index < -0.39 is 0 Å². The minimum absolute atomic E-state index is 0.835. The summed E-state index contributed by atoms with van der Waals surface area (Å²) < 4.78 is 0. The minimum atomic E-state index is 0.835. The van der Waals surface area contributed by atoms with E-state index in [0.29, 0.717) is 0 Å². The van der Waals surface area contributed by atoms with Gasteiger partial charge >= 0.3 is 0 Å². The van der Waals surface area contributed by atoms with Gasteiger partial charge in [0, 0.05) is 6.54 Å². The van der Waals surface area contributed by atoms with Crippen LogP contribution in [-0.4, -0.2) is 29.6 Å². The van der Waals surface area contributed by atoms with Gasteiger partial charge in [-0.25, -0.2) is 4.98 Å². The number of rotatable bonds is 4. The van der Waals surface area contributed by atoms with Gasteiger partial charge in [-0.3, -0.25) is 0 Å². The van der Waals surface area contributed by atoms with Gasteiger partial charge in [-0.15, -0.1) is 0 Å².